The number of nitrogens with one attached hydrogen (secondary N) is 1. The summed E-state index contributed by atoms with van der Waals surface area (Å²) >= 11 is 0. The number of nitrogens with zero attached hydrogens (tertiary/aromatic N) is 6. The van der Waals surface area contributed by atoms with Gasteiger partial charge in [0.05, 0.1) is 29.3 Å². The first-order valence-corrected chi connectivity index (χ1v) is 17.5. The predicted molar refractivity (Wildman–Crippen MR) is 215 cm³/mol. The summed E-state index contributed by atoms with van der Waals surface area (Å²) in [5.74, 6) is 1.98. The second-order valence-corrected chi connectivity index (χ2v) is 12.6. The van der Waals surface area contributed by atoms with Gasteiger partial charge in [-0.15, -0.1) is 0 Å². The Morgan fingerprint density at radius 1 is 0.589 bits per heavy atom. The van der Waals surface area contributed by atoms with Gasteiger partial charge >= 0.3 is 0 Å². The van der Waals surface area contributed by atoms with E-state index in [2.05, 4.69) is 25.5 Å². The molecular formula is C44H36N8O4. The molecule has 0 unspecified atom stereocenters. The van der Waals surface area contributed by atoms with E-state index in [1.807, 2.05) is 69.0 Å². The maximum absolute atomic E-state index is 13.1. The third-order valence-corrected chi connectivity index (χ3v) is 8.34. The Kier molecular flexibility index (Phi) is 11.0. The van der Waals surface area contributed by atoms with Crippen molar-refractivity contribution in [1.82, 2.24) is 29.5 Å². The fourth-order valence-electron chi connectivity index (χ4n) is 5.68. The highest BCUT2D eigenvalue weighted by Gasteiger charge is 2.18. The van der Waals surface area contributed by atoms with Gasteiger partial charge in [0.15, 0.2) is 5.78 Å². The van der Waals surface area contributed by atoms with E-state index in [0.29, 0.717) is 51.1 Å². The molecule has 1 amide bonds. The maximum atomic E-state index is 13.1. The number of ether oxygens (including phenoxy) is 2. The van der Waals surface area contributed by atoms with Gasteiger partial charge in [-0.05, 0) is 42.5 Å². The standard InChI is InChI=1S/C29H22N4O3.C15H14N4O/c1-33-19-21(18-31-33)27-17-24(14-15-30-27)36-23-11-7-10-22(16-23)32-29(35)26-13-6-5-12-25(26)28(34)20-8-3-2-4-9-20;1-19-10-11(9-18-19)15-8-14(5-6-17-15)20-13-4-2-3-12(16)7-13/h2-19H,1H3,(H,32,35);2-10H,16H2,1H3. The second kappa shape index (κ2) is 16.9. The molecule has 8 aromatic rings. The Bertz CT molecular complexity index is 2620. The van der Waals surface area contributed by atoms with Crippen LogP contribution in [0.15, 0.2) is 165 Å². The first kappa shape index (κ1) is 36.5. The van der Waals surface area contributed by atoms with Gasteiger partial charge in [-0.2, -0.15) is 10.2 Å². The van der Waals surface area contributed by atoms with Gasteiger partial charge < -0.3 is 20.5 Å². The molecule has 8 rings (SSSR count). The molecule has 0 saturated heterocycles. The molecule has 0 atom stereocenters. The number of aryl methyl sites for hydroxylation is 2. The highest BCUT2D eigenvalue weighted by atomic mass is 16.5. The third-order valence-electron chi connectivity index (χ3n) is 8.34. The van der Waals surface area contributed by atoms with E-state index in [4.69, 9.17) is 15.2 Å². The van der Waals surface area contributed by atoms with Crippen molar-refractivity contribution in [1.29, 1.82) is 0 Å². The number of nitrogen functional groups attached to an aromatic ring is 1. The van der Waals surface area contributed by atoms with E-state index in [1.54, 1.807) is 119 Å². The van der Waals surface area contributed by atoms with Crippen LogP contribution in [0.1, 0.15) is 26.3 Å². The number of carbonyl (C=O) groups is 2. The molecule has 0 radical (unpaired) electrons. The largest absolute Gasteiger partial charge is 0.457 e. The van der Waals surface area contributed by atoms with Gasteiger partial charge in [0.25, 0.3) is 5.91 Å². The van der Waals surface area contributed by atoms with Gasteiger partial charge in [0, 0.05) is 96.8 Å². The quantitative estimate of drug-likeness (QED) is 0.104. The lowest BCUT2D eigenvalue weighted by Gasteiger charge is -2.11. The molecule has 0 bridgehead atoms. The van der Waals surface area contributed by atoms with Gasteiger partial charge in [-0.1, -0.05) is 60.7 Å². The summed E-state index contributed by atoms with van der Waals surface area (Å²) in [5.41, 5.74) is 11.5. The minimum absolute atomic E-state index is 0.208. The Hall–Kier alpha value is -7.86. The summed E-state index contributed by atoms with van der Waals surface area (Å²) in [7, 11) is 3.72. The van der Waals surface area contributed by atoms with E-state index >= 15 is 0 Å². The molecule has 0 fully saturated rings. The number of rotatable bonds is 10. The fourth-order valence-corrected chi connectivity index (χ4v) is 5.68. The number of anilines is 2. The van der Waals surface area contributed by atoms with Crippen molar-refractivity contribution in [3.8, 4) is 45.5 Å². The topological polar surface area (TPSA) is 152 Å². The summed E-state index contributed by atoms with van der Waals surface area (Å²) in [6, 6.07) is 37.3. The molecule has 0 spiro atoms. The van der Waals surface area contributed by atoms with Gasteiger partial charge in [-0.25, -0.2) is 0 Å². The lowest BCUT2D eigenvalue weighted by Crippen LogP contribution is -2.17. The van der Waals surface area contributed by atoms with E-state index in [-0.39, 0.29) is 11.7 Å². The third kappa shape index (κ3) is 9.19. The summed E-state index contributed by atoms with van der Waals surface area (Å²) in [5, 5.41) is 11.2. The summed E-state index contributed by atoms with van der Waals surface area (Å²) in [4.78, 5) is 34.8. The lowest BCUT2D eigenvalue weighted by molar-refractivity contribution is 0.0996. The van der Waals surface area contributed by atoms with Crippen LogP contribution < -0.4 is 20.5 Å². The van der Waals surface area contributed by atoms with Crippen LogP contribution >= 0.6 is 0 Å². The Balaban J connectivity index is 0.000000202. The number of hydrogen-bond donors (Lipinski definition) is 2. The maximum Gasteiger partial charge on any atom is 0.256 e. The number of hydrogen-bond acceptors (Lipinski definition) is 9. The molecule has 0 aliphatic rings. The molecule has 276 valence electrons. The van der Waals surface area contributed by atoms with Crippen LogP contribution in [0.4, 0.5) is 11.4 Å². The number of pyridine rings is 2. The predicted octanol–water partition coefficient (Wildman–Crippen LogP) is 8.61. The molecule has 4 aromatic carbocycles. The highest BCUT2D eigenvalue weighted by molar-refractivity contribution is 6.17. The Morgan fingerprint density at radius 2 is 1.12 bits per heavy atom. The molecule has 4 heterocycles. The Morgan fingerprint density at radius 3 is 1.70 bits per heavy atom. The zero-order valence-corrected chi connectivity index (χ0v) is 30.5. The van der Waals surface area contributed by atoms with E-state index in [9.17, 15) is 9.59 Å². The van der Waals surface area contributed by atoms with E-state index in [0.717, 1.165) is 22.5 Å². The van der Waals surface area contributed by atoms with Crippen LogP contribution in [-0.2, 0) is 14.1 Å². The Labute approximate surface area is 322 Å². The summed E-state index contributed by atoms with van der Waals surface area (Å²) < 4.78 is 15.3. The normalized spacial score (nSPS) is 10.5. The minimum Gasteiger partial charge on any atom is -0.457 e. The van der Waals surface area contributed by atoms with Crippen molar-refractivity contribution in [2.75, 3.05) is 11.1 Å². The molecule has 12 heteroatoms. The van der Waals surface area contributed by atoms with Crippen LogP contribution in [-0.4, -0.2) is 41.2 Å². The van der Waals surface area contributed by atoms with E-state index < -0.39 is 0 Å². The zero-order chi connectivity index (χ0) is 38.9. The van der Waals surface area contributed by atoms with Crippen molar-refractivity contribution in [3.05, 3.63) is 181 Å². The number of nitrogens with two attached hydrogens (primary N) is 1. The monoisotopic (exact) mass is 740 g/mol. The second-order valence-electron chi connectivity index (χ2n) is 12.6. The summed E-state index contributed by atoms with van der Waals surface area (Å²) in [6.07, 6.45) is 10.7. The van der Waals surface area contributed by atoms with Crippen LogP contribution in [0.5, 0.6) is 23.0 Å². The van der Waals surface area contributed by atoms with Gasteiger partial charge in [-0.3, -0.25) is 28.9 Å². The highest BCUT2D eigenvalue weighted by Crippen LogP contribution is 2.29. The van der Waals surface area contributed by atoms with Crippen LogP contribution in [0.2, 0.25) is 0 Å². The van der Waals surface area contributed by atoms with Crippen LogP contribution in [0, 0.1) is 0 Å². The van der Waals surface area contributed by atoms with Crippen LogP contribution in [0.25, 0.3) is 22.5 Å². The smallest absolute Gasteiger partial charge is 0.256 e. The first-order valence-electron chi connectivity index (χ1n) is 17.5. The SMILES string of the molecule is Cn1cc(-c2cc(Oc3cccc(N)c3)ccn2)cn1.Cn1cc(-c2cc(Oc3cccc(NC(=O)c4ccccc4C(=O)c4ccccc4)c3)ccn2)cn1. The van der Waals surface area contributed by atoms with E-state index in [1.165, 1.54) is 0 Å². The molecule has 0 aliphatic carbocycles. The molecule has 0 aliphatic heterocycles. The van der Waals surface area contributed by atoms with Gasteiger partial charge in [0.1, 0.15) is 23.0 Å². The zero-order valence-electron chi connectivity index (χ0n) is 30.5. The van der Waals surface area contributed by atoms with Gasteiger partial charge in [0.2, 0.25) is 0 Å². The molecule has 56 heavy (non-hydrogen) atoms. The fraction of sp³-hybridized carbons (Fsp3) is 0.0455. The van der Waals surface area contributed by atoms with Crippen molar-refractivity contribution < 1.29 is 19.1 Å². The molecule has 12 nitrogen and oxygen atoms in total. The molecule has 3 N–H and O–H groups in total. The first-order chi connectivity index (χ1) is 27.3. The van der Waals surface area contributed by atoms with Crippen molar-refractivity contribution >= 4 is 23.1 Å². The molecule has 4 aromatic heterocycles. The molecular weight excluding hydrogens is 705 g/mol. The number of aromatic nitrogens is 6. The van der Waals surface area contributed by atoms with Crippen molar-refractivity contribution in [2.24, 2.45) is 14.1 Å². The molecule has 0 saturated carbocycles. The number of carbonyl (C=O) groups excluding carboxylic acids is 2. The number of benzene rings is 4. The average molecular weight is 741 g/mol. The minimum atomic E-state index is -0.380. The van der Waals surface area contributed by atoms with Crippen LogP contribution in [0.3, 0.4) is 0 Å². The van der Waals surface area contributed by atoms with Crippen molar-refractivity contribution in [2.45, 2.75) is 0 Å². The lowest BCUT2D eigenvalue weighted by atomic mass is 9.98. The summed E-state index contributed by atoms with van der Waals surface area (Å²) in [6.45, 7) is 0. The van der Waals surface area contributed by atoms with Crippen molar-refractivity contribution in [3.63, 3.8) is 0 Å². The number of amides is 1. The average Bonchev–Trinajstić information content (AvgIpc) is 3.86. The number of ketones is 1.